The summed E-state index contributed by atoms with van der Waals surface area (Å²) in [4.78, 5) is 20.0. The highest BCUT2D eigenvalue weighted by atomic mass is 19.1. The van der Waals surface area contributed by atoms with E-state index in [-0.39, 0.29) is 17.8 Å². The van der Waals surface area contributed by atoms with Crippen molar-refractivity contribution in [2.75, 3.05) is 37.7 Å². The molecular formula is C14H18FN3O2. The van der Waals surface area contributed by atoms with Gasteiger partial charge < -0.3 is 14.5 Å². The molecule has 1 aromatic heterocycles. The lowest BCUT2D eigenvalue weighted by Crippen LogP contribution is -2.51. The number of piperazine rings is 1. The fourth-order valence-corrected chi connectivity index (χ4v) is 2.72. The van der Waals surface area contributed by atoms with Crippen LogP contribution in [0.3, 0.4) is 0 Å². The van der Waals surface area contributed by atoms with Crippen molar-refractivity contribution < 1.29 is 13.9 Å². The summed E-state index contributed by atoms with van der Waals surface area (Å²) in [6, 6.07) is 2.99. The van der Waals surface area contributed by atoms with E-state index in [2.05, 4.69) is 4.98 Å². The molecule has 0 aromatic carbocycles. The topological polar surface area (TPSA) is 45.7 Å². The van der Waals surface area contributed by atoms with Crippen LogP contribution < -0.4 is 4.90 Å². The van der Waals surface area contributed by atoms with E-state index in [4.69, 9.17) is 4.74 Å². The molecule has 0 radical (unpaired) electrons. The van der Waals surface area contributed by atoms with Gasteiger partial charge in [0.25, 0.3) is 5.91 Å². The normalized spacial score (nSPS) is 23.1. The molecule has 2 aliphatic rings. The Morgan fingerprint density at radius 1 is 1.35 bits per heavy atom. The lowest BCUT2D eigenvalue weighted by molar-refractivity contribution is -0.141. The summed E-state index contributed by atoms with van der Waals surface area (Å²) in [5.41, 5.74) is 0. The van der Waals surface area contributed by atoms with E-state index in [0.717, 1.165) is 12.8 Å². The number of rotatable bonds is 2. The number of aromatic nitrogens is 1. The number of nitrogens with zero attached hydrogens (tertiary/aromatic N) is 3. The molecule has 2 aliphatic heterocycles. The van der Waals surface area contributed by atoms with Crippen LogP contribution in [0.1, 0.15) is 12.8 Å². The van der Waals surface area contributed by atoms with E-state index in [0.29, 0.717) is 38.6 Å². The van der Waals surface area contributed by atoms with E-state index in [1.165, 1.54) is 6.07 Å². The van der Waals surface area contributed by atoms with Crippen LogP contribution >= 0.6 is 0 Å². The van der Waals surface area contributed by atoms with Gasteiger partial charge in [0.15, 0.2) is 11.6 Å². The van der Waals surface area contributed by atoms with E-state index < -0.39 is 0 Å². The van der Waals surface area contributed by atoms with Crippen LogP contribution in [0.2, 0.25) is 0 Å². The molecule has 1 amide bonds. The average molecular weight is 279 g/mol. The third-order valence-corrected chi connectivity index (χ3v) is 3.84. The average Bonchev–Trinajstić information content (AvgIpc) is 3.01. The van der Waals surface area contributed by atoms with Gasteiger partial charge in [-0.2, -0.15) is 0 Å². The number of pyridine rings is 1. The van der Waals surface area contributed by atoms with E-state index >= 15 is 0 Å². The third kappa shape index (κ3) is 2.60. The van der Waals surface area contributed by atoms with Gasteiger partial charge in [-0.3, -0.25) is 4.79 Å². The maximum absolute atomic E-state index is 13.7. The highest BCUT2D eigenvalue weighted by molar-refractivity contribution is 5.81. The minimum Gasteiger partial charge on any atom is -0.368 e. The van der Waals surface area contributed by atoms with Crippen LogP contribution in [0.15, 0.2) is 18.3 Å². The number of hydrogen-bond acceptors (Lipinski definition) is 4. The molecule has 0 bridgehead atoms. The minimum absolute atomic E-state index is 0.0728. The molecule has 5 nitrogen and oxygen atoms in total. The van der Waals surface area contributed by atoms with Crippen LogP contribution in [-0.2, 0) is 9.53 Å². The summed E-state index contributed by atoms with van der Waals surface area (Å²) in [5, 5.41) is 0. The molecule has 0 aliphatic carbocycles. The molecule has 1 aromatic rings. The van der Waals surface area contributed by atoms with Gasteiger partial charge in [0.05, 0.1) is 0 Å². The first kappa shape index (κ1) is 13.3. The van der Waals surface area contributed by atoms with Crippen LogP contribution in [0.4, 0.5) is 10.2 Å². The number of carbonyl (C=O) groups excluding carboxylic acids is 1. The first-order valence-electron chi connectivity index (χ1n) is 7.01. The van der Waals surface area contributed by atoms with Gasteiger partial charge in [-0.1, -0.05) is 0 Å². The zero-order valence-corrected chi connectivity index (χ0v) is 11.3. The zero-order valence-electron chi connectivity index (χ0n) is 11.3. The third-order valence-electron chi connectivity index (χ3n) is 3.84. The second kappa shape index (κ2) is 5.75. The number of hydrogen-bond donors (Lipinski definition) is 0. The van der Waals surface area contributed by atoms with Crippen molar-refractivity contribution in [1.29, 1.82) is 0 Å². The molecule has 2 fully saturated rings. The van der Waals surface area contributed by atoms with Crippen molar-refractivity contribution in [1.82, 2.24) is 9.88 Å². The largest absolute Gasteiger partial charge is 0.368 e. The molecule has 2 saturated heterocycles. The molecule has 20 heavy (non-hydrogen) atoms. The second-order valence-electron chi connectivity index (χ2n) is 5.12. The molecular weight excluding hydrogens is 261 g/mol. The Kier molecular flexibility index (Phi) is 3.82. The SMILES string of the molecule is O=C(C1CCCO1)N1CCN(c2ncccc2F)CC1. The summed E-state index contributed by atoms with van der Waals surface area (Å²) in [7, 11) is 0. The molecule has 0 spiro atoms. The summed E-state index contributed by atoms with van der Waals surface area (Å²) in [6.45, 7) is 3.07. The predicted octanol–water partition coefficient (Wildman–Crippen LogP) is 1.05. The fourth-order valence-electron chi connectivity index (χ4n) is 2.72. The van der Waals surface area contributed by atoms with Crippen molar-refractivity contribution in [2.45, 2.75) is 18.9 Å². The Bertz CT molecular complexity index is 483. The zero-order chi connectivity index (χ0) is 13.9. The van der Waals surface area contributed by atoms with Crippen molar-refractivity contribution in [3.63, 3.8) is 0 Å². The maximum atomic E-state index is 13.7. The van der Waals surface area contributed by atoms with E-state index in [9.17, 15) is 9.18 Å². The molecule has 0 saturated carbocycles. The molecule has 3 rings (SSSR count). The number of ether oxygens (including phenoxy) is 1. The quantitative estimate of drug-likeness (QED) is 0.812. The van der Waals surface area contributed by atoms with Gasteiger partial charge in [-0.15, -0.1) is 0 Å². The van der Waals surface area contributed by atoms with Gasteiger partial charge in [0.1, 0.15) is 6.10 Å². The second-order valence-corrected chi connectivity index (χ2v) is 5.12. The van der Waals surface area contributed by atoms with Crippen molar-refractivity contribution in [2.24, 2.45) is 0 Å². The van der Waals surface area contributed by atoms with Gasteiger partial charge in [-0.25, -0.2) is 9.37 Å². The predicted molar refractivity (Wildman–Crippen MR) is 72.0 cm³/mol. The Labute approximate surface area is 117 Å². The smallest absolute Gasteiger partial charge is 0.251 e. The molecule has 1 atom stereocenters. The Hall–Kier alpha value is -1.69. The molecule has 6 heteroatoms. The monoisotopic (exact) mass is 279 g/mol. The highest BCUT2D eigenvalue weighted by Crippen LogP contribution is 2.19. The Morgan fingerprint density at radius 2 is 2.15 bits per heavy atom. The molecule has 3 heterocycles. The molecule has 108 valence electrons. The first-order valence-corrected chi connectivity index (χ1v) is 7.01. The summed E-state index contributed by atoms with van der Waals surface area (Å²) in [5.74, 6) is 0.131. The number of carbonyl (C=O) groups is 1. The van der Waals surface area contributed by atoms with E-state index in [1.807, 2.05) is 9.80 Å². The highest BCUT2D eigenvalue weighted by Gasteiger charge is 2.30. The van der Waals surface area contributed by atoms with Gasteiger partial charge in [-0.05, 0) is 25.0 Å². The van der Waals surface area contributed by atoms with Crippen LogP contribution in [0.25, 0.3) is 0 Å². The number of anilines is 1. The van der Waals surface area contributed by atoms with Crippen LogP contribution in [0.5, 0.6) is 0 Å². The Balaban J connectivity index is 1.59. The van der Waals surface area contributed by atoms with Gasteiger partial charge in [0.2, 0.25) is 0 Å². The lowest BCUT2D eigenvalue weighted by Gasteiger charge is -2.36. The standard InChI is InChI=1S/C14H18FN3O2/c15-11-3-1-5-16-13(11)17-6-8-18(9-7-17)14(19)12-4-2-10-20-12/h1,3,5,12H,2,4,6-10H2. The fraction of sp³-hybridized carbons (Fsp3) is 0.571. The Morgan fingerprint density at radius 3 is 2.80 bits per heavy atom. The summed E-state index contributed by atoms with van der Waals surface area (Å²) >= 11 is 0. The summed E-state index contributed by atoms with van der Waals surface area (Å²) < 4.78 is 19.1. The van der Waals surface area contributed by atoms with Gasteiger partial charge in [0, 0.05) is 39.0 Å². The van der Waals surface area contributed by atoms with Crippen molar-refractivity contribution in [3.8, 4) is 0 Å². The van der Waals surface area contributed by atoms with Gasteiger partial charge >= 0.3 is 0 Å². The summed E-state index contributed by atoms with van der Waals surface area (Å²) in [6.07, 6.45) is 3.08. The van der Waals surface area contributed by atoms with Crippen molar-refractivity contribution in [3.05, 3.63) is 24.1 Å². The molecule has 1 unspecified atom stereocenters. The van der Waals surface area contributed by atoms with Crippen LogP contribution in [0, 0.1) is 5.82 Å². The minimum atomic E-state index is -0.314. The van der Waals surface area contributed by atoms with Crippen molar-refractivity contribution >= 4 is 11.7 Å². The number of halogens is 1. The molecule has 0 N–H and O–H groups in total. The maximum Gasteiger partial charge on any atom is 0.251 e. The lowest BCUT2D eigenvalue weighted by atomic mass is 10.2. The number of amides is 1. The van der Waals surface area contributed by atoms with E-state index in [1.54, 1.807) is 12.3 Å². The van der Waals surface area contributed by atoms with Crippen LogP contribution in [-0.4, -0.2) is 54.7 Å². The first-order chi connectivity index (χ1) is 9.75.